The van der Waals surface area contributed by atoms with Crippen LogP contribution in [0.3, 0.4) is 0 Å². The first-order valence-corrected chi connectivity index (χ1v) is 11.6. The zero-order valence-electron chi connectivity index (χ0n) is 18.6. The van der Waals surface area contributed by atoms with E-state index in [-0.39, 0.29) is 29.9 Å². The molecule has 5 aromatic rings. The maximum absolute atomic E-state index is 12.5. The van der Waals surface area contributed by atoms with Crippen molar-refractivity contribution >= 4 is 66.8 Å². The van der Waals surface area contributed by atoms with Crippen molar-refractivity contribution in [3.05, 3.63) is 84.1 Å². The number of nitrogens with zero attached hydrogens (tertiary/aromatic N) is 1. The molecule has 0 spiro atoms. The van der Waals surface area contributed by atoms with Crippen molar-refractivity contribution < 1.29 is 18.8 Å². The van der Waals surface area contributed by atoms with Gasteiger partial charge in [-0.2, -0.15) is 0 Å². The van der Waals surface area contributed by atoms with Gasteiger partial charge < -0.3 is 20.4 Å². The van der Waals surface area contributed by atoms with E-state index in [2.05, 4.69) is 20.9 Å². The van der Waals surface area contributed by atoms with E-state index in [1.807, 2.05) is 30.3 Å². The molecule has 35 heavy (non-hydrogen) atoms. The van der Waals surface area contributed by atoms with Crippen LogP contribution in [0.15, 0.2) is 77.2 Å². The predicted molar refractivity (Wildman–Crippen MR) is 137 cm³/mol. The number of hydrogen-bond acceptors (Lipinski definition) is 6. The Morgan fingerprint density at radius 2 is 1.66 bits per heavy atom. The Labute approximate surface area is 204 Å². The highest BCUT2D eigenvalue weighted by Crippen LogP contribution is 2.28. The Balaban J connectivity index is 1.19. The van der Waals surface area contributed by atoms with Gasteiger partial charge in [0, 0.05) is 23.7 Å². The fraction of sp³-hybridized carbons (Fsp3) is 0.0769. The summed E-state index contributed by atoms with van der Waals surface area (Å²) in [7, 11) is 0. The van der Waals surface area contributed by atoms with Gasteiger partial charge in [0.2, 0.25) is 11.8 Å². The number of carbonyl (C=O) groups is 3. The van der Waals surface area contributed by atoms with E-state index in [9.17, 15) is 14.4 Å². The van der Waals surface area contributed by atoms with Crippen molar-refractivity contribution in [3.63, 3.8) is 0 Å². The molecule has 0 atom stereocenters. The van der Waals surface area contributed by atoms with E-state index in [1.165, 1.54) is 18.3 Å². The van der Waals surface area contributed by atoms with Crippen molar-refractivity contribution in [2.24, 2.45) is 0 Å². The lowest BCUT2D eigenvalue weighted by Gasteiger charge is -2.05. The number of benzene rings is 3. The number of aromatic nitrogens is 1. The number of thiazole rings is 1. The van der Waals surface area contributed by atoms with Crippen LogP contribution in [0.4, 0.5) is 16.5 Å². The van der Waals surface area contributed by atoms with Crippen LogP contribution in [0, 0.1) is 0 Å². The first-order chi connectivity index (χ1) is 16.9. The molecule has 0 aliphatic rings. The molecule has 8 nitrogen and oxygen atoms in total. The van der Waals surface area contributed by atoms with Crippen LogP contribution in [-0.2, 0) is 16.0 Å². The smallest absolute Gasteiger partial charge is 0.291 e. The number of nitrogens with one attached hydrogen (secondary N) is 3. The summed E-state index contributed by atoms with van der Waals surface area (Å²) in [6.07, 6.45) is 0.158. The van der Waals surface area contributed by atoms with Crippen molar-refractivity contribution in [1.29, 1.82) is 0 Å². The minimum atomic E-state index is -0.343. The molecular formula is C26H20N4O4S. The Bertz CT molecular complexity index is 1540. The highest BCUT2D eigenvalue weighted by atomic mass is 32.1. The van der Waals surface area contributed by atoms with Gasteiger partial charge in [-0.3, -0.25) is 14.4 Å². The standard InChI is InChI=1S/C26H20N4O4S/c1-15(31)27-19-10-11-20-23(14-19)35-26(29-20)30-24(32)12-16-6-8-18(9-7-16)28-25(33)22-13-17-4-2-3-5-21(17)34-22/h2-11,13-14H,12H2,1H3,(H,27,31)(H,28,33)(H,29,30,32). The molecule has 5 rings (SSSR count). The van der Waals surface area contributed by atoms with Gasteiger partial charge in [0.15, 0.2) is 10.9 Å². The molecule has 0 saturated heterocycles. The SMILES string of the molecule is CC(=O)Nc1ccc2nc(NC(=O)Cc3ccc(NC(=O)c4cc5ccccc5o4)cc3)sc2c1. The number of para-hydroxylation sites is 1. The fourth-order valence-corrected chi connectivity index (χ4v) is 4.52. The summed E-state index contributed by atoms with van der Waals surface area (Å²) in [5.41, 5.74) is 3.46. The third-order valence-electron chi connectivity index (χ3n) is 5.18. The maximum atomic E-state index is 12.5. The molecule has 0 unspecified atom stereocenters. The van der Waals surface area contributed by atoms with E-state index >= 15 is 0 Å². The normalized spacial score (nSPS) is 10.9. The first kappa shape index (κ1) is 22.3. The monoisotopic (exact) mass is 484 g/mol. The molecule has 9 heteroatoms. The molecule has 0 aliphatic carbocycles. The molecule has 0 fully saturated rings. The third kappa shape index (κ3) is 5.20. The molecule has 174 valence electrons. The summed E-state index contributed by atoms with van der Waals surface area (Å²) in [6.45, 7) is 1.45. The lowest BCUT2D eigenvalue weighted by atomic mass is 10.1. The van der Waals surface area contributed by atoms with E-state index < -0.39 is 0 Å². The highest BCUT2D eigenvalue weighted by Gasteiger charge is 2.13. The fourth-order valence-electron chi connectivity index (χ4n) is 3.60. The maximum Gasteiger partial charge on any atom is 0.291 e. The second kappa shape index (κ2) is 9.40. The Kier molecular flexibility index (Phi) is 5.99. The molecule has 2 aromatic heterocycles. The van der Waals surface area contributed by atoms with Gasteiger partial charge in [0.05, 0.1) is 16.6 Å². The lowest BCUT2D eigenvalue weighted by Crippen LogP contribution is -2.14. The number of amides is 3. The second-order valence-corrected chi connectivity index (χ2v) is 8.94. The van der Waals surface area contributed by atoms with Gasteiger partial charge in [0.1, 0.15) is 5.58 Å². The average Bonchev–Trinajstić information content (AvgIpc) is 3.43. The van der Waals surface area contributed by atoms with Crippen molar-refractivity contribution in [2.45, 2.75) is 13.3 Å². The van der Waals surface area contributed by atoms with Crippen LogP contribution in [-0.4, -0.2) is 22.7 Å². The number of hydrogen-bond donors (Lipinski definition) is 3. The average molecular weight is 485 g/mol. The summed E-state index contributed by atoms with van der Waals surface area (Å²) in [5, 5.41) is 9.70. The molecule has 0 radical (unpaired) electrons. The Morgan fingerprint density at radius 1 is 0.886 bits per heavy atom. The summed E-state index contributed by atoms with van der Waals surface area (Å²) >= 11 is 1.34. The van der Waals surface area contributed by atoms with Gasteiger partial charge >= 0.3 is 0 Å². The minimum Gasteiger partial charge on any atom is -0.451 e. The number of anilines is 3. The second-order valence-electron chi connectivity index (χ2n) is 7.91. The molecule has 0 aliphatic heterocycles. The zero-order chi connectivity index (χ0) is 24.4. The van der Waals surface area contributed by atoms with E-state index in [0.717, 1.165) is 21.2 Å². The molecule has 2 heterocycles. The molecule has 0 saturated carbocycles. The van der Waals surface area contributed by atoms with Gasteiger partial charge in [-0.15, -0.1) is 0 Å². The molecule has 3 amide bonds. The van der Waals surface area contributed by atoms with Crippen LogP contribution in [0.5, 0.6) is 0 Å². The summed E-state index contributed by atoms with van der Waals surface area (Å²) in [6, 6.07) is 21.6. The van der Waals surface area contributed by atoms with Gasteiger partial charge in [0.25, 0.3) is 5.91 Å². The third-order valence-corrected chi connectivity index (χ3v) is 6.11. The van der Waals surface area contributed by atoms with Crippen LogP contribution in [0.1, 0.15) is 23.0 Å². The topological polar surface area (TPSA) is 113 Å². The summed E-state index contributed by atoms with van der Waals surface area (Å²) in [5.74, 6) is -0.466. The van der Waals surface area contributed by atoms with Crippen molar-refractivity contribution in [2.75, 3.05) is 16.0 Å². The molecule has 3 aromatic carbocycles. The van der Waals surface area contributed by atoms with Gasteiger partial charge in [-0.05, 0) is 48.0 Å². The predicted octanol–water partition coefficient (Wildman–Crippen LogP) is 5.43. The number of rotatable bonds is 6. The quantitative estimate of drug-likeness (QED) is 0.297. The summed E-state index contributed by atoms with van der Waals surface area (Å²) in [4.78, 5) is 40.7. The van der Waals surface area contributed by atoms with E-state index in [0.29, 0.717) is 22.1 Å². The Morgan fingerprint density at radius 3 is 2.43 bits per heavy atom. The van der Waals surface area contributed by atoms with Crippen LogP contribution in [0.25, 0.3) is 21.2 Å². The minimum absolute atomic E-state index is 0.150. The Hall–Kier alpha value is -4.50. The number of carbonyl (C=O) groups excluding carboxylic acids is 3. The molecular weight excluding hydrogens is 464 g/mol. The summed E-state index contributed by atoms with van der Waals surface area (Å²) < 4.78 is 6.45. The van der Waals surface area contributed by atoms with E-state index in [4.69, 9.17) is 4.42 Å². The number of fused-ring (bicyclic) bond motifs is 2. The van der Waals surface area contributed by atoms with Crippen LogP contribution < -0.4 is 16.0 Å². The zero-order valence-corrected chi connectivity index (χ0v) is 19.4. The number of furan rings is 1. The molecule has 0 bridgehead atoms. The van der Waals surface area contributed by atoms with Crippen molar-refractivity contribution in [1.82, 2.24) is 4.98 Å². The lowest BCUT2D eigenvalue weighted by molar-refractivity contribution is -0.116. The van der Waals surface area contributed by atoms with E-state index in [1.54, 1.807) is 42.5 Å². The van der Waals surface area contributed by atoms with Crippen molar-refractivity contribution in [3.8, 4) is 0 Å². The molecule has 3 N–H and O–H groups in total. The van der Waals surface area contributed by atoms with Crippen LogP contribution >= 0.6 is 11.3 Å². The van der Waals surface area contributed by atoms with Gasteiger partial charge in [-0.25, -0.2) is 4.98 Å². The highest BCUT2D eigenvalue weighted by molar-refractivity contribution is 7.22. The largest absolute Gasteiger partial charge is 0.451 e. The van der Waals surface area contributed by atoms with Crippen LogP contribution in [0.2, 0.25) is 0 Å². The van der Waals surface area contributed by atoms with Gasteiger partial charge in [-0.1, -0.05) is 41.7 Å². The first-order valence-electron chi connectivity index (χ1n) is 10.8.